The molecule has 30 heavy (non-hydrogen) atoms. The SMILES string of the molecule is CN(C(=O)Nc1ccc(O)c(Cl)c1)C1COCc2[nH]c(=O)c3cc(F)c(F)cc3c21. The number of amides is 2. The third kappa shape index (κ3) is 3.46. The van der Waals surface area contributed by atoms with Gasteiger partial charge in [-0.25, -0.2) is 13.6 Å². The Bertz CT molecular complexity index is 1230. The second-order valence-electron chi connectivity index (χ2n) is 6.90. The lowest BCUT2D eigenvalue weighted by Crippen LogP contribution is -2.39. The molecule has 156 valence electrons. The highest BCUT2D eigenvalue weighted by atomic mass is 35.5. The van der Waals surface area contributed by atoms with E-state index in [1.165, 1.54) is 30.1 Å². The number of halogens is 3. The quantitative estimate of drug-likeness (QED) is 0.532. The summed E-state index contributed by atoms with van der Waals surface area (Å²) in [6.07, 6.45) is 0. The minimum absolute atomic E-state index is 0.0151. The number of hydrogen-bond acceptors (Lipinski definition) is 4. The van der Waals surface area contributed by atoms with Gasteiger partial charge in [0.2, 0.25) is 0 Å². The lowest BCUT2D eigenvalue weighted by Gasteiger charge is -2.33. The number of nitrogens with one attached hydrogen (secondary N) is 2. The van der Waals surface area contributed by atoms with Crippen LogP contribution in [0.15, 0.2) is 35.1 Å². The number of benzene rings is 2. The molecule has 7 nitrogen and oxygen atoms in total. The number of likely N-dealkylation sites (N-methyl/N-ethyl adjacent to an activating group) is 1. The highest BCUT2D eigenvalue weighted by Gasteiger charge is 2.31. The molecule has 0 spiro atoms. The van der Waals surface area contributed by atoms with E-state index < -0.39 is 29.3 Å². The molecule has 2 aromatic carbocycles. The van der Waals surface area contributed by atoms with Gasteiger partial charge in [0.25, 0.3) is 5.56 Å². The monoisotopic (exact) mass is 435 g/mol. The van der Waals surface area contributed by atoms with Gasteiger partial charge in [0.15, 0.2) is 11.6 Å². The largest absolute Gasteiger partial charge is 0.506 e. The second kappa shape index (κ2) is 7.58. The summed E-state index contributed by atoms with van der Waals surface area (Å²) >= 11 is 5.87. The predicted octanol–water partition coefficient (Wildman–Crippen LogP) is 3.90. The number of anilines is 1. The maximum atomic E-state index is 14.0. The van der Waals surface area contributed by atoms with Crippen molar-refractivity contribution in [3.8, 4) is 5.75 Å². The van der Waals surface area contributed by atoms with E-state index in [2.05, 4.69) is 10.3 Å². The zero-order valence-corrected chi connectivity index (χ0v) is 16.4. The van der Waals surface area contributed by atoms with Crippen LogP contribution in [0.3, 0.4) is 0 Å². The molecule has 2 amide bonds. The molecule has 10 heteroatoms. The molecule has 1 aliphatic heterocycles. The molecule has 3 N–H and O–H groups in total. The van der Waals surface area contributed by atoms with Crippen molar-refractivity contribution in [1.29, 1.82) is 0 Å². The van der Waals surface area contributed by atoms with Gasteiger partial charge in [0.05, 0.1) is 29.7 Å². The van der Waals surface area contributed by atoms with Crippen LogP contribution in [-0.2, 0) is 11.3 Å². The number of hydrogen-bond donors (Lipinski definition) is 3. The van der Waals surface area contributed by atoms with Crippen molar-refractivity contribution >= 4 is 34.1 Å². The first-order chi connectivity index (χ1) is 14.3. The Morgan fingerprint density at radius 2 is 1.97 bits per heavy atom. The summed E-state index contributed by atoms with van der Waals surface area (Å²) in [5, 5.41) is 12.4. The summed E-state index contributed by atoms with van der Waals surface area (Å²) in [5.74, 6) is -2.35. The van der Waals surface area contributed by atoms with Crippen molar-refractivity contribution in [2.24, 2.45) is 0 Å². The standard InChI is InChI=1S/C20H16ClF2N3O4/c1-26(20(29)24-9-2-3-17(27)12(21)4-9)16-8-30-7-15-18(16)10-5-13(22)14(23)6-11(10)19(28)25-15/h2-6,16,27H,7-8H2,1H3,(H,24,29)(H,25,28). The fourth-order valence-corrected chi connectivity index (χ4v) is 3.67. The first-order valence-corrected chi connectivity index (χ1v) is 9.28. The zero-order chi connectivity index (χ0) is 21.6. The van der Waals surface area contributed by atoms with Crippen LogP contribution in [0.25, 0.3) is 10.8 Å². The van der Waals surface area contributed by atoms with Crippen molar-refractivity contribution < 1.29 is 23.4 Å². The van der Waals surface area contributed by atoms with Crippen LogP contribution in [0.5, 0.6) is 5.75 Å². The summed E-state index contributed by atoms with van der Waals surface area (Å²) in [6.45, 7) is 0.159. The molecule has 1 unspecified atom stereocenters. The molecule has 0 aliphatic carbocycles. The molecule has 4 rings (SSSR count). The molecule has 1 atom stereocenters. The fraction of sp³-hybridized carbons (Fsp3) is 0.200. The Morgan fingerprint density at radius 1 is 1.27 bits per heavy atom. The third-order valence-electron chi connectivity index (χ3n) is 5.03. The molecule has 2 heterocycles. The number of fused-ring (bicyclic) bond motifs is 3. The number of H-pyrrole nitrogens is 1. The molecule has 1 aromatic heterocycles. The average Bonchev–Trinajstić information content (AvgIpc) is 2.71. The molecule has 3 aromatic rings. The summed E-state index contributed by atoms with van der Waals surface area (Å²) < 4.78 is 33.2. The van der Waals surface area contributed by atoms with Gasteiger partial charge in [0, 0.05) is 24.0 Å². The van der Waals surface area contributed by atoms with Crippen molar-refractivity contribution in [1.82, 2.24) is 9.88 Å². The van der Waals surface area contributed by atoms with Crippen molar-refractivity contribution in [3.63, 3.8) is 0 Å². The van der Waals surface area contributed by atoms with Crippen LogP contribution in [0, 0.1) is 11.6 Å². The number of aromatic amines is 1. The van der Waals surface area contributed by atoms with E-state index in [9.17, 15) is 23.5 Å². The van der Waals surface area contributed by atoms with E-state index in [-0.39, 0.29) is 34.8 Å². The first kappa shape index (κ1) is 20.1. The normalized spacial score (nSPS) is 15.7. The van der Waals surface area contributed by atoms with E-state index >= 15 is 0 Å². The molecule has 0 saturated heterocycles. The van der Waals surface area contributed by atoms with Gasteiger partial charge in [-0.1, -0.05) is 11.6 Å². The molecule has 0 fully saturated rings. The minimum Gasteiger partial charge on any atom is -0.506 e. The zero-order valence-electron chi connectivity index (χ0n) is 15.6. The van der Waals surface area contributed by atoms with Crippen molar-refractivity contribution in [2.45, 2.75) is 12.6 Å². The Morgan fingerprint density at radius 3 is 2.67 bits per heavy atom. The lowest BCUT2D eigenvalue weighted by molar-refractivity contribution is 0.0527. The molecule has 0 radical (unpaired) electrons. The van der Waals surface area contributed by atoms with Gasteiger partial charge >= 0.3 is 6.03 Å². The van der Waals surface area contributed by atoms with Crippen LogP contribution in [0.4, 0.5) is 19.3 Å². The van der Waals surface area contributed by atoms with Crippen LogP contribution < -0.4 is 10.9 Å². The molecule has 1 aliphatic rings. The van der Waals surface area contributed by atoms with Gasteiger partial charge in [-0.2, -0.15) is 0 Å². The number of pyridine rings is 1. The van der Waals surface area contributed by atoms with E-state index in [1.54, 1.807) is 0 Å². The van der Waals surface area contributed by atoms with Gasteiger partial charge in [0.1, 0.15) is 5.75 Å². The Labute approximate surface area is 173 Å². The van der Waals surface area contributed by atoms with Gasteiger partial charge < -0.3 is 25.0 Å². The van der Waals surface area contributed by atoms with Crippen LogP contribution >= 0.6 is 11.6 Å². The van der Waals surface area contributed by atoms with Crippen LogP contribution in [-0.4, -0.2) is 34.7 Å². The number of ether oxygens (including phenoxy) is 1. The van der Waals surface area contributed by atoms with E-state index in [0.717, 1.165) is 12.1 Å². The average molecular weight is 436 g/mol. The van der Waals surface area contributed by atoms with Gasteiger partial charge in [-0.15, -0.1) is 0 Å². The summed E-state index contributed by atoms with van der Waals surface area (Å²) in [6, 6.07) is 4.80. The van der Waals surface area contributed by atoms with Gasteiger partial charge in [-0.3, -0.25) is 4.79 Å². The Hall–Kier alpha value is -3.17. The number of aromatic hydroxyl groups is 1. The maximum Gasteiger partial charge on any atom is 0.322 e. The number of phenolic OH excluding ortho intramolecular Hbond substituents is 1. The topological polar surface area (TPSA) is 94.7 Å². The lowest BCUT2D eigenvalue weighted by atomic mass is 9.95. The van der Waals surface area contributed by atoms with E-state index in [1.807, 2.05) is 0 Å². The molecular weight excluding hydrogens is 420 g/mol. The van der Waals surface area contributed by atoms with Crippen molar-refractivity contribution in [2.75, 3.05) is 19.0 Å². The number of phenols is 1. The molecular formula is C20H16ClF2N3O4. The first-order valence-electron chi connectivity index (χ1n) is 8.90. The van der Waals surface area contributed by atoms with Crippen molar-refractivity contribution in [3.05, 3.63) is 68.6 Å². The minimum atomic E-state index is -1.13. The number of rotatable bonds is 2. The smallest absolute Gasteiger partial charge is 0.322 e. The highest BCUT2D eigenvalue weighted by Crippen LogP contribution is 2.34. The van der Waals surface area contributed by atoms with E-state index in [4.69, 9.17) is 16.3 Å². The second-order valence-corrected chi connectivity index (χ2v) is 7.30. The van der Waals surface area contributed by atoms with Crippen LogP contribution in [0.2, 0.25) is 5.02 Å². The van der Waals surface area contributed by atoms with Gasteiger partial charge in [-0.05, 0) is 35.7 Å². The highest BCUT2D eigenvalue weighted by molar-refractivity contribution is 6.32. The molecule has 0 bridgehead atoms. The fourth-order valence-electron chi connectivity index (χ4n) is 3.49. The number of aromatic nitrogens is 1. The maximum absolute atomic E-state index is 14.0. The summed E-state index contributed by atoms with van der Waals surface area (Å²) in [4.78, 5) is 29.1. The summed E-state index contributed by atoms with van der Waals surface area (Å²) in [5.41, 5.74) is 0.655. The Kier molecular flexibility index (Phi) is 5.08. The predicted molar refractivity (Wildman–Crippen MR) is 107 cm³/mol. The number of carbonyl (C=O) groups is 1. The number of urea groups is 1. The Balaban J connectivity index is 1.73. The number of carbonyl (C=O) groups excluding carboxylic acids is 1. The molecule has 0 saturated carbocycles. The van der Waals surface area contributed by atoms with E-state index in [0.29, 0.717) is 16.9 Å². The van der Waals surface area contributed by atoms with Crippen LogP contribution in [0.1, 0.15) is 17.3 Å². The summed E-state index contributed by atoms with van der Waals surface area (Å²) in [7, 11) is 1.51. The third-order valence-corrected chi connectivity index (χ3v) is 5.33. The number of nitrogens with zero attached hydrogens (tertiary/aromatic N) is 1.